The molecule has 2 heteroatoms. The molecule has 0 saturated heterocycles. The van der Waals surface area contributed by atoms with Crippen LogP contribution in [-0.4, -0.2) is 0 Å². The van der Waals surface area contributed by atoms with Gasteiger partial charge in [-0.05, 0) is 36.5 Å². The second-order valence-electron chi connectivity index (χ2n) is 4.17. The summed E-state index contributed by atoms with van der Waals surface area (Å²) < 4.78 is 0. The van der Waals surface area contributed by atoms with E-state index in [0.717, 1.165) is 4.90 Å². The standard InChI is InChI=1S/C12H17NS/c13-12(9-4-1-2-5-9)10-6-3-7-11(14)8-10/h3,6-9,12,14H,1-2,4-5,13H2. The van der Waals surface area contributed by atoms with Crippen LogP contribution in [0.5, 0.6) is 0 Å². The molecule has 1 aromatic rings. The fraction of sp³-hybridized carbons (Fsp3) is 0.500. The molecule has 1 fully saturated rings. The topological polar surface area (TPSA) is 26.0 Å². The first-order valence-electron chi connectivity index (χ1n) is 5.32. The van der Waals surface area contributed by atoms with E-state index in [9.17, 15) is 0 Å². The van der Waals surface area contributed by atoms with Crippen molar-refractivity contribution in [2.45, 2.75) is 36.6 Å². The Labute approximate surface area is 91.1 Å². The van der Waals surface area contributed by atoms with Gasteiger partial charge in [0.25, 0.3) is 0 Å². The first-order chi connectivity index (χ1) is 6.77. The second kappa shape index (κ2) is 4.37. The zero-order valence-corrected chi connectivity index (χ0v) is 9.21. The Morgan fingerprint density at radius 3 is 2.64 bits per heavy atom. The summed E-state index contributed by atoms with van der Waals surface area (Å²) in [5, 5.41) is 0. The molecule has 1 unspecified atom stereocenters. The lowest BCUT2D eigenvalue weighted by atomic mass is 9.93. The van der Waals surface area contributed by atoms with Gasteiger partial charge in [0.1, 0.15) is 0 Å². The van der Waals surface area contributed by atoms with Crippen LogP contribution in [0.2, 0.25) is 0 Å². The van der Waals surface area contributed by atoms with Gasteiger partial charge in [-0.1, -0.05) is 25.0 Å². The lowest BCUT2D eigenvalue weighted by Gasteiger charge is -2.19. The lowest BCUT2D eigenvalue weighted by Crippen LogP contribution is -2.18. The number of hydrogen-bond acceptors (Lipinski definition) is 2. The SMILES string of the molecule is NC(c1cccc(S)c1)C1CCCC1. The molecule has 76 valence electrons. The van der Waals surface area contributed by atoms with Gasteiger partial charge in [-0.3, -0.25) is 0 Å². The normalized spacial score (nSPS) is 19.9. The summed E-state index contributed by atoms with van der Waals surface area (Å²) in [6.07, 6.45) is 5.27. The Morgan fingerprint density at radius 2 is 2.00 bits per heavy atom. The summed E-state index contributed by atoms with van der Waals surface area (Å²) in [6.45, 7) is 0. The smallest absolute Gasteiger partial charge is 0.0323 e. The van der Waals surface area contributed by atoms with Crippen LogP contribution >= 0.6 is 12.6 Å². The summed E-state index contributed by atoms with van der Waals surface area (Å²) in [5.74, 6) is 0.685. The van der Waals surface area contributed by atoms with Crippen LogP contribution in [0.3, 0.4) is 0 Å². The van der Waals surface area contributed by atoms with Crippen molar-refractivity contribution in [2.24, 2.45) is 11.7 Å². The molecule has 0 spiro atoms. The molecule has 0 aliphatic heterocycles. The molecule has 0 amide bonds. The Hall–Kier alpha value is -0.470. The van der Waals surface area contributed by atoms with Crippen molar-refractivity contribution in [3.63, 3.8) is 0 Å². The molecule has 1 aliphatic rings. The Bertz CT molecular complexity index is 305. The van der Waals surface area contributed by atoms with Gasteiger partial charge in [0.15, 0.2) is 0 Å². The molecule has 14 heavy (non-hydrogen) atoms. The predicted octanol–water partition coefficient (Wildman–Crippen LogP) is 3.17. The number of thiol groups is 1. The van der Waals surface area contributed by atoms with Crippen molar-refractivity contribution in [1.29, 1.82) is 0 Å². The van der Waals surface area contributed by atoms with Gasteiger partial charge in [-0.25, -0.2) is 0 Å². The lowest BCUT2D eigenvalue weighted by molar-refractivity contribution is 0.444. The molecule has 0 aromatic heterocycles. The molecule has 0 bridgehead atoms. The molecule has 2 rings (SSSR count). The second-order valence-corrected chi connectivity index (χ2v) is 4.68. The van der Waals surface area contributed by atoms with E-state index >= 15 is 0 Å². The minimum Gasteiger partial charge on any atom is -0.324 e. The highest BCUT2D eigenvalue weighted by atomic mass is 32.1. The number of benzene rings is 1. The average molecular weight is 207 g/mol. The molecule has 1 atom stereocenters. The van der Waals surface area contributed by atoms with Crippen LogP contribution in [0.25, 0.3) is 0 Å². The first kappa shape index (κ1) is 10.1. The molecule has 1 nitrogen and oxygen atoms in total. The minimum atomic E-state index is 0.213. The summed E-state index contributed by atoms with van der Waals surface area (Å²) in [5.41, 5.74) is 7.48. The molecule has 1 saturated carbocycles. The molecular weight excluding hydrogens is 190 g/mol. The highest BCUT2D eigenvalue weighted by Crippen LogP contribution is 2.34. The van der Waals surface area contributed by atoms with E-state index < -0.39 is 0 Å². The summed E-state index contributed by atoms with van der Waals surface area (Å²) in [4.78, 5) is 1.01. The van der Waals surface area contributed by atoms with Crippen LogP contribution in [0.15, 0.2) is 29.2 Å². The monoisotopic (exact) mass is 207 g/mol. The quantitative estimate of drug-likeness (QED) is 0.716. The van der Waals surface area contributed by atoms with Crippen LogP contribution in [-0.2, 0) is 0 Å². The maximum Gasteiger partial charge on any atom is 0.0323 e. The molecule has 1 aliphatic carbocycles. The van der Waals surface area contributed by atoms with Crippen molar-refractivity contribution in [1.82, 2.24) is 0 Å². The van der Waals surface area contributed by atoms with Gasteiger partial charge >= 0.3 is 0 Å². The van der Waals surface area contributed by atoms with Crippen molar-refractivity contribution >= 4 is 12.6 Å². The van der Waals surface area contributed by atoms with E-state index in [1.54, 1.807) is 0 Å². The molecule has 0 heterocycles. The van der Waals surface area contributed by atoms with Gasteiger partial charge in [0.05, 0.1) is 0 Å². The highest BCUT2D eigenvalue weighted by molar-refractivity contribution is 7.80. The van der Waals surface area contributed by atoms with Gasteiger partial charge in [-0.2, -0.15) is 0 Å². The van der Waals surface area contributed by atoms with E-state index in [4.69, 9.17) is 5.73 Å². The third kappa shape index (κ3) is 2.12. The summed E-state index contributed by atoms with van der Waals surface area (Å²) in [6, 6.07) is 8.44. The third-order valence-corrected chi connectivity index (χ3v) is 3.44. The predicted molar refractivity (Wildman–Crippen MR) is 62.6 cm³/mol. The Balaban J connectivity index is 2.13. The number of nitrogens with two attached hydrogens (primary N) is 1. The van der Waals surface area contributed by atoms with Crippen molar-refractivity contribution in [3.8, 4) is 0 Å². The maximum atomic E-state index is 6.24. The largest absolute Gasteiger partial charge is 0.324 e. The molecule has 1 aromatic carbocycles. The van der Waals surface area contributed by atoms with Crippen molar-refractivity contribution in [3.05, 3.63) is 29.8 Å². The van der Waals surface area contributed by atoms with Gasteiger partial charge in [-0.15, -0.1) is 12.6 Å². The number of hydrogen-bond donors (Lipinski definition) is 2. The zero-order chi connectivity index (χ0) is 9.97. The van der Waals surface area contributed by atoms with E-state index in [1.165, 1.54) is 31.2 Å². The van der Waals surface area contributed by atoms with Crippen molar-refractivity contribution in [2.75, 3.05) is 0 Å². The van der Waals surface area contributed by atoms with Crippen LogP contribution in [0.4, 0.5) is 0 Å². The Morgan fingerprint density at radius 1 is 1.29 bits per heavy atom. The van der Waals surface area contributed by atoms with Crippen LogP contribution in [0, 0.1) is 5.92 Å². The van der Waals surface area contributed by atoms with E-state index in [1.807, 2.05) is 12.1 Å². The van der Waals surface area contributed by atoms with Gasteiger partial charge in [0, 0.05) is 10.9 Å². The summed E-state index contributed by atoms with van der Waals surface area (Å²) >= 11 is 4.34. The first-order valence-corrected chi connectivity index (χ1v) is 5.76. The van der Waals surface area contributed by atoms with Crippen LogP contribution < -0.4 is 5.73 Å². The van der Waals surface area contributed by atoms with Gasteiger partial charge in [0.2, 0.25) is 0 Å². The molecular formula is C12H17NS. The van der Waals surface area contributed by atoms with E-state index in [2.05, 4.69) is 24.8 Å². The van der Waals surface area contributed by atoms with E-state index in [-0.39, 0.29) is 6.04 Å². The van der Waals surface area contributed by atoms with Gasteiger partial charge < -0.3 is 5.73 Å². The van der Waals surface area contributed by atoms with Crippen molar-refractivity contribution < 1.29 is 0 Å². The Kier molecular flexibility index (Phi) is 3.14. The summed E-state index contributed by atoms with van der Waals surface area (Å²) in [7, 11) is 0. The molecule has 2 N–H and O–H groups in total. The average Bonchev–Trinajstić information content (AvgIpc) is 2.69. The fourth-order valence-corrected chi connectivity index (χ4v) is 2.56. The van der Waals surface area contributed by atoms with Crippen LogP contribution in [0.1, 0.15) is 37.3 Å². The highest BCUT2D eigenvalue weighted by Gasteiger charge is 2.22. The minimum absolute atomic E-state index is 0.213. The maximum absolute atomic E-state index is 6.24. The molecule has 0 radical (unpaired) electrons. The number of rotatable bonds is 2. The third-order valence-electron chi connectivity index (χ3n) is 3.16. The van der Waals surface area contributed by atoms with E-state index in [0.29, 0.717) is 5.92 Å². The zero-order valence-electron chi connectivity index (χ0n) is 8.32. The fourth-order valence-electron chi connectivity index (χ4n) is 2.32.